The van der Waals surface area contributed by atoms with Crippen LogP contribution in [0.1, 0.15) is 23.6 Å². The van der Waals surface area contributed by atoms with Crippen LogP contribution in [-0.2, 0) is 19.3 Å². The summed E-state index contributed by atoms with van der Waals surface area (Å²) in [4.78, 5) is 0. The number of fused-ring (bicyclic) bond motifs is 2. The minimum atomic E-state index is 0.315. The van der Waals surface area contributed by atoms with E-state index in [0.717, 1.165) is 44.6 Å². The molecule has 0 aromatic heterocycles. The maximum Gasteiger partial charge on any atom is 0.119 e. The minimum Gasteiger partial charge on any atom is -0.494 e. The molecule has 4 nitrogen and oxygen atoms in total. The summed E-state index contributed by atoms with van der Waals surface area (Å²) in [5.41, 5.74) is 4.05. The van der Waals surface area contributed by atoms with Crippen molar-refractivity contribution in [3.05, 3.63) is 126 Å². The largest absolute Gasteiger partial charge is 0.494 e. The van der Waals surface area contributed by atoms with E-state index in [4.69, 9.17) is 4.74 Å². The second-order valence-corrected chi connectivity index (χ2v) is 10.9. The maximum atomic E-state index is 5.61. The van der Waals surface area contributed by atoms with E-state index < -0.39 is 0 Å². The molecule has 0 amide bonds. The van der Waals surface area contributed by atoms with Crippen molar-refractivity contribution in [3.63, 3.8) is 0 Å². The molecule has 0 heterocycles. The second-order valence-electron chi connectivity index (χ2n) is 10.9. The van der Waals surface area contributed by atoms with Crippen molar-refractivity contribution in [2.75, 3.05) is 33.3 Å². The molecule has 41 heavy (non-hydrogen) atoms. The Morgan fingerprint density at radius 1 is 0.585 bits per heavy atom. The van der Waals surface area contributed by atoms with Crippen molar-refractivity contribution in [1.82, 2.24) is 16.0 Å². The number of likely N-dealkylation sites (N-methyl/N-ethyl adjacent to an activating group) is 1. The summed E-state index contributed by atoms with van der Waals surface area (Å²) in [7, 11) is 2.04. The molecule has 0 aliphatic carbocycles. The highest BCUT2D eigenvalue weighted by Crippen LogP contribution is 2.19. The molecular formula is C37H43N3O. The van der Waals surface area contributed by atoms with Crippen molar-refractivity contribution < 1.29 is 4.74 Å². The van der Waals surface area contributed by atoms with E-state index in [-0.39, 0.29) is 0 Å². The molecule has 0 bridgehead atoms. The zero-order valence-electron chi connectivity index (χ0n) is 24.4. The lowest BCUT2D eigenvalue weighted by molar-refractivity contribution is 0.340. The Morgan fingerprint density at radius 2 is 1.12 bits per heavy atom. The van der Waals surface area contributed by atoms with Crippen LogP contribution in [0.3, 0.4) is 0 Å². The second kappa shape index (κ2) is 14.8. The monoisotopic (exact) mass is 545 g/mol. The normalized spacial score (nSPS) is 12.9. The molecule has 5 aromatic carbocycles. The molecule has 0 spiro atoms. The first-order chi connectivity index (χ1) is 20.2. The summed E-state index contributed by atoms with van der Waals surface area (Å²) >= 11 is 0. The van der Waals surface area contributed by atoms with E-state index in [2.05, 4.69) is 125 Å². The molecule has 3 N–H and O–H groups in total. The molecule has 0 aliphatic rings. The topological polar surface area (TPSA) is 45.3 Å². The van der Waals surface area contributed by atoms with Crippen LogP contribution in [0.25, 0.3) is 21.5 Å². The highest BCUT2D eigenvalue weighted by Gasteiger charge is 2.15. The van der Waals surface area contributed by atoms with Gasteiger partial charge in [0.1, 0.15) is 5.75 Å². The van der Waals surface area contributed by atoms with Crippen molar-refractivity contribution in [3.8, 4) is 5.75 Å². The standard InChI is InChI=1S/C37H43N3O/c1-3-41-37-18-14-28(15-19-37)20-21-39-36(25-30-13-17-32-9-5-7-11-34(32)23-30)27-40-35(26-38-2)24-29-12-16-31-8-4-6-10-33(31)22-29/h4-19,22-23,35-36,38-40H,3,20-21,24-27H2,1-2H3/t35-,36-/m0/s1. The number of hydrogen-bond acceptors (Lipinski definition) is 4. The van der Waals surface area contributed by atoms with E-state index in [1.165, 1.54) is 38.2 Å². The van der Waals surface area contributed by atoms with Gasteiger partial charge in [-0.15, -0.1) is 0 Å². The van der Waals surface area contributed by atoms with Gasteiger partial charge in [0.15, 0.2) is 0 Å². The van der Waals surface area contributed by atoms with Gasteiger partial charge in [-0.2, -0.15) is 0 Å². The van der Waals surface area contributed by atoms with Crippen LogP contribution in [0.2, 0.25) is 0 Å². The summed E-state index contributed by atoms with van der Waals surface area (Å²) in [6.45, 7) is 5.46. The van der Waals surface area contributed by atoms with Crippen LogP contribution < -0.4 is 20.7 Å². The van der Waals surface area contributed by atoms with Crippen LogP contribution >= 0.6 is 0 Å². The van der Waals surface area contributed by atoms with Gasteiger partial charge in [-0.3, -0.25) is 0 Å². The highest BCUT2D eigenvalue weighted by molar-refractivity contribution is 5.83. The lowest BCUT2D eigenvalue weighted by Crippen LogP contribution is -2.47. The van der Waals surface area contributed by atoms with Gasteiger partial charge in [0.25, 0.3) is 0 Å². The summed E-state index contributed by atoms with van der Waals surface area (Å²) in [5.74, 6) is 0.935. The predicted molar refractivity (Wildman–Crippen MR) is 174 cm³/mol. The molecule has 0 radical (unpaired) electrons. The maximum absolute atomic E-state index is 5.61. The molecule has 2 atom stereocenters. The third-order valence-corrected chi connectivity index (χ3v) is 7.78. The van der Waals surface area contributed by atoms with Crippen LogP contribution in [-0.4, -0.2) is 45.4 Å². The van der Waals surface area contributed by atoms with Gasteiger partial charge in [0, 0.05) is 25.2 Å². The quantitative estimate of drug-likeness (QED) is 0.140. The first kappa shape index (κ1) is 28.8. The van der Waals surface area contributed by atoms with Crippen LogP contribution in [0, 0.1) is 0 Å². The third kappa shape index (κ3) is 8.40. The lowest BCUT2D eigenvalue weighted by atomic mass is 9.99. The fourth-order valence-corrected chi connectivity index (χ4v) is 5.63. The zero-order valence-corrected chi connectivity index (χ0v) is 24.4. The molecule has 0 fully saturated rings. The zero-order chi connectivity index (χ0) is 28.3. The molecule has 4 heteroatoms. The van der Waals surface area contributed by atoms with Gasteiger partial charge in [-0.1, -0.05) is 97.1 Å². The van der Waals surface area contributed by atoms with E-state index >= 15 is 0 Å². The van der Waals surface area contributed by atoms with Crippen molar-refractivity contribution in [2.24, 2.45) is 0 Å². The Bertz CT molecular complexity index is 1510. The fraction of sp³-hybridized carbons (Fsp3) is 0.297. The van der Waals surface area contributed by atoms with Gasteiger partial charge in [-0.25, -0.2) is 0 Å². The third-order valence-electron chi connectivity index (χ3n) is 7.78. The Balaban J connectivity index is 1.25. The van der Waals surface area contributed by atoms with Crippen molar-refractivity contribution in [2.45, 2.75) is 38.3 Å². The molecular weight excluding hydrogens is 502 g/mol. The molecule has 212 valence electrons. The van der Waals surface area contributed by atoms with Crippen molar-refractivity contribution in [1.29, 1.82) is 0 Å². The van der Waals surface area contributed by atoms with Crippen molar-refractivity contribution >= 4 is 21.5 Å². The Hall–Kier alpha value is -3.70. The lowest BCUT2D eigenvalue weighted by Gasteiger charge is -2.25. The van der Waals surface area contributed by atoms with Gasteiger partial charge in [-0.05, 0) is 90.1 Å². The number of benzene rings is 5. The van der Waals surface area contributed by atoms with Gasteiger partial charge in [0.05, 0.1) is 6.61 Å². The summed E-state index contributed by atoms with van der Waals surface area (Å²) in [6, 6.07) is 40.1. The van der Waals surface area contributed by atoms with Crippen LogP contribution in [0.15, 0.2) is 109 Å². The predicted octanol–water partition coefficient (Wildman–Crippen LogP) is 6.56. The number of ether oxygens (including phenoxy) is 1. The number of nitrogens with one attached hydrogen (secondary N) is 3. The summed E-state index contributed by atoms with van der Waals surface area (Å²) in [5, 5.41) is 16.4. The van der Waals surface area contributed by atoms with Crippen LogP contribution in [0.4, 0.5) is 0 Å². The van der Waals surface area contributed by atoms with E-state index in [9.17, 15) is 0 Å². The first-order valence-electron chi connectivity index (χ1n) is 15.0. The Morgan fingerprint density at radius 3 is 1.68 bits per heavy atom. The highest BCUT2D eigenvalue weighted by atomic mass is 16.5. The summed E-state index contributed by atoms with van der Waals surface area (Å²) in [6.07, 6.45) is 2.95. The van der Waals surface area contributed by atoms with E-state index in [0.29, 0.717) is 18.7 Å². The molecule has 0 saturated carbocycles. The smallest absolute Gasteiger partial charge is 0.119 e. The number of rotatable bonds is 15. The van der Waals surface area contributed by atoms with E-state index in [1.807, 2.05) is 14.0 Å². The first-order valence-corrected chi connectivity index (χ1v) is 15.0. The minimum absolute atomic E-state index is 0.315. The SMILES string of the molecule is CCOc1ccc(CCN[C@H](CN[C@H](CNC)Cc2ccc3ccccc3c2)Cc2ccc3ccccc3c2)cc1. The number of hydrogen-bond donors (Lipinski definition) is 3. The fourth-order valence-electron chi connectivity index (χ4n) is 5.63. The van der Waals surface area contributed by atoms with E-state index in [1.54, 1.807) is 0 Å². The average Bonchev–Trinajstić information content (AvgIpc) is 3.00. The van der Waals surface area contributed by atoms with Gasteiger partial charge >= 0.3 is 0 Å². The molecule has 5 rings (SSSR count). The van der Waals surface area contributed by atoms with Gasteiger partial charge in [0.2, 0.25) is 0 Å². The Labute approximate surface area is 245 Å². The van der Waals surface area contributed by atoms with Crippen LogP contribution in [0.5, 0.6) is 5.75 Å². The summed E-state index contributed by atoms with van der Waals surface area (Å²) < 4.78 is 5.61. The molecule has 0 unspecified atom stereocenters. The van der Waals surface area contributed by atoms with Gasteiger partial charge < -0.3 is 20.7 Å². The molecule has 5 aromatic rings. The molecule has 0 aliphatic heterocycles. The average molecular weight is 546 g/mol. The Kier molecular flexibility index (Phi) is 10.4. The molecule has 0 saturated heterocycles.